The Morgan fingerprint density at radius 2 is 1.77 bits per heavy atom. The Labute approximate surface area is 176 Å². The van der Waals surface area contributed by atoms with E-state index in [2.05, 4.69) is 0 Å². The molecule has 1 saturated heterocycles. The highest BCUT2D eigenvalue weighted by Gasteiger charge is 2.45. The van der Waals surface area contributed by atoms with E-state index in [1.165, 1.54) is 25.3 Å². The summed E-state index contributed by atoms with van der Waals surface area (Å²) in [5, 5.41) is 60.1. The van der Waals surface area contributed by atoms with Crippen molar-refractivity contribution < 1.29 is 49.6 Å². The van der Waals surface area contributed by atoms with Gasteiger partial charge < -0.3 is 44.8 Å². The van der Waals surface area contributed by atoms with Crippen molar-refractivity contribution in [3.05, 3.63) is 46.5 Å². The van der Waals surface area contributed by atoms with Gasteiger partial charge in [0.25, 0.3) is 0 Å². The number of methoxy groups -OCH3 is 1. The lowest BCUT2D eigenvalue weighted by molar-refractivity contribution is -0.277. The van der Waals surface area contributed by atoms with Crippen LogP contribution in [0.25, 0.3) is 0 Å². The number of phenols is 2. The molecule has 10 nitrogen and oxygen atoms in total. The van der Waals surface area contributed by atoms with Crippen LogP contribution in [0.1, 0.15) is 27.0 Å². The molecule has 2 aromatic carbocycles. The number of hydrogen-bond donors (Lipinski definition) is 6. The van der Waals surface area contributed by atoms with Crippen LogP contribution >= 0.6 is 0 Å². The van der Waals surface area contributed by atoms with Crippen molar-refractivity contribution in [2.45, 2.75) is 37.1 Å². The van der Waals surface area contributed by atoms with Crippen molar-refractivity contribution in [3.8, 4) is 23.0 Å². The molecule has 0 radical (unpaired) electrons. The van der Waals surface area contributed by atoms with Crippen molar-refractivity contribution >= 4 is 5.78 Å². The number of hydrogen-bond acceptors (Lipinski definition) is 10. The number of phenolic OH excluding ortho intramolecular Hbond substituents is 2. The summed E-state index contributed by atoms with van der Waals surface area (Å²) >= 11 is 0. The summed E-state index contributed by atoms with van der Waals surface area (Å²) in [6.45, 7) is -0.622. The van der Waals surface area contributed by atoms with Crippen LogP contribution in [-0.2, 0) is 11.2 Å². The zero-order chi connectivity index (χ0) is 22.4. The third-order valence-corrected chi connectivity index (χ3v) is 5.57. The summed E-state index contributed by atoms with van der Waals surface area (Å²) in [4.78, 5) is 13.0. The van der Waals surface area contributed by atoms with E-state index in [0.717, 1.165) is 0 Å². The molecule has 2 aromatic rings. The molecule has 4 rings (SSSR count). The number of benzene rings is 2. The highest BCUT2D eigenvalue weighted by molar-refractivity contribution is 6.16. The Morgan fingerprint density at radius 1 is 1.03 bits per heavy atom. The Kier molecular flexibility index (Phi) is 5.50. The number of aliphatic hydroxyl groups is 4. The van der Waals surface area contributed by atoms with Gasteiger partial charge in [-0.3, -0.25) is 4.79 Å². The van der Waals surface area contributed by atoms with Crippen LogP contribution in [-0.4, -0.2) is 80.8 Å². The molecule has 0 amide bonds. The van der Waals surface area contributed by atoms with Crippen LogP contribution in [0.4, 0.5) is 0 Å². The zero-order valence-corrected chi connectivity index (χ0v) is 16.4. The number of carbonyl (C=O) groups excluding carboxylic acids is 1. The van der Waals surface area contributed by atoms with E-state index < -0.39 is 43.1 Å². The predicted molar refractivity (Wildman–Crippen MR) is 103 cm³/mol. The van der Waals surface area contributed by atoms with Crippen LogP contribution in [0.15, 0.2) is 24.3 Å². The Hall–Kier alpha value is -2.89. The maximum Gasteiger partial charge on any atom is 0.229 e. The van der Waals surface area contributed by atoms with Crippen LogP contribution in [0, 0.1) is 0 Å². The molecule has 1 aliphatic heterocycles. The number of aliphatic hydroxyl groups excluding tert-OH is 4. The molecule has 0 spiro atoms. The van der Waals surface area contributed by atoms with Gasteiger partial charge in [0, 0.05) is 18.1 Å². The van der Waals surface area contributed by atoms with E-state index in [0.29, 0.717) is 11.3 Å². The molecule has 5 unspecified atom stereocenters. The lowest BCUT2D eigenvalue weighted by atomic mass is 9.83. The SMILES string of the molecule is COc1cc(O)c2c(c1)Cc1c(OC3OC(CO)C(O)C(O)C3O)ccc(O)c1C2=O. The summed E-state index contributed by atoms with van der Waals surface area (Å²) in [6, 6.07) is 5.47. The predicted octanol–water partition coefficient (Wildman–Crippen LogP) is -0.580. The first-order chi connectivity index (χ1) is 14.8. The highest BCUT2D eigenvalue weighted by Crippen LogP contribution is 2.42. The lowest BCUT2D eigenvalue weighted by Gasteiger charge is -2.40. The van der Waals surface area contributed by atoms with Crippen LogP contribution in [0.3, 0.4) is 0 Å². The number of ether oxygens (including phenoxy) is 3. The van der Waals surface area contributed by atoms with Gasteiger partial charge in [0.05, 0.1) is 24.8 Å². The second-order valence-electron chi connectivity index (χ2n) is 7.44. The third kappa shape index (κ3) is 3.48. The fourth-order valence-electron chi connectivity index (χ4n) is 3.94. The smallest absolute Gasteiger partial charge is 0.229 e. The summed E-state index contributed by atoms with van der Waals surface area (Å²) in [7, 11) is 1.42. The van der Waals surface area contributed by atoms with Gasteiger partial charge in [-0.25, -0.2) is 0 Å². The molecular weight excluding hydrogens is 412 g/mol. The van der Waals surface area contributed by atoms with Gasteiger partial charge in [0.2, 0.25) is 12.1 Å². The molecule has 166 valence electrons. The summed E-state index contributed by atoms with van der Waals surface area (Å²) < 4.78 is 16.2. The van der Waals surface area contributed by atoms with Gasteiger partial charge in [-0.15, -0.1) is 0 Å². The normalized spacial score (nSPS) is 27.4. The average Bonchev–Trinajstić information content (AvgIpc) is 2.75. The molecule has 0 saturated carbocycles. The molecule has 2 aliphatic rings. The maximum atomic E-state index is 13.0. The van der Waals surface area contributed by atoms with Gasteiger partial charge in [-0.2, -0.15) is 0 Å². The summed E-state index contributed by atoms with van der Waals surface area (Å²) in [6.07, 6.45) is -7.36. The topological polar surface area (TPSA) is 166 Å². The quantitative estimate of drug-likeness (QED) is 0.313. The standard InChI is InChI=1S/C21H22O10/c1-29-9-4-8-5-10-13(30-21-20(28)19(27)17(25)14(7-22)31-21)3-2-11(23)16(10)18(26)15(8)12(24)6-9/h2-4,6,14,17,19-25,27-28H,5,7H2,1H3. The molecule has 0 bridgehead atoms. The van der Waals surface area contributed by atoms with Crippen LogP contribution < -0.4 is 9.47 Å². The van der Waals surface area contributed by atoms with E-state index in [1.807, 2.05) is 0 Å². The highest BCUT2D eigenvalue weighted by atomic mass is 16.7. The minimum absolute atomic E-state index is 0.0357. The molecule has 31 heavy (non-hydrogen) atoms. The number of rotatable bonds is 4. The first kappa shape index (κ1) is 21.3. The molecule has 1 heterocycles. The fourth-order valence-corrected chi connectivity index (χ4v) is 3.94. The van der Waals surface area contributed by atoms with Gasteiger partial charge in [-0.05, 0) is 23.8 Å². The van der Waals surface area contributed by atoms with Gasteiger partial charge in [0.1, 0.15) is 47.4 Å². The van der Waals surface area contributed by atoms with Crippen molar-refractivity contribution in [1.82, 2.24) is 0 Å². The van der Waals surface area contributed by atoms with E-state index in [1.54, 1.807) is 6.07 Å². The van der Waals surface area contributed by atoms with Crippen molar-refractivity contribution in [2.75, 3.05) is 13.7 Å². The first-order valence-electron chi connectivity index (χ1n) is 9.53. The molecule has 1 aliphatic carbocycles. The molecular formula is C21H22O10. The second kappa shape index (κ2) is 7.98. The second-order valence-corrected chi connectivity index (χ2v) is 7.44. The van der Waals surface area contributed by atoms with E-state index in [4.69, 9.17) is 14.2 Å². The molecule has 5 atom stereocenters. The number of aromatic hydroxyl groups is 2. The monoisotopic (exact) mass is 434 g/mol. The largest absolute Gasteiger partial charge is 0.507 e. The average molecular weight is 434 g/mol. The molecule has 0 aromatic heterocycles. The summed E-state index contributed by atoms with van der Waals surface area (Å²) in [5.74, 6) is -0.803. The lowest BCUT2D eigenvalue weighted by Crippen LogP contribution is -2.60. The Balaban J connectivity index is 1.73. The molecule has 10 heteroatoms. The number of ketones is 1. The first-order valence-corrected chi connectivity index (χ1v) is 9.53. The van der Waals surface area contributed by atoms with Gasteiger partial charge in [0.15, 0.2) is 0 Å². The number of carbonyl (C=O) groups is 1. The van der Waals surface area contributed by atoms with Crippen LogP contribution in [0.2, 0.25) is 0 Å². The molecule has 6 N–H and O–H groups in total. The number of fused-ring (bicyclic) bond motifs is 2. The maximum absolute atomic E-state index is 13.0. The van der Waals surface area contributed by atoms with Crippen molar-refractivity contribution in [2.24, 2.45) is 0 Å². The van der Waals surface area contributed by atoms with E-state index >= 15 is 0 Å². The minimum Gasteiger partial charge on any atom is -0.507 e. The van der Waals surface area contributed by atoms with Crippen molar-refractivity contribution in [3.63, 3.8) is 0 Å². The van der Waals surface area contributed by atoms with E-state index in [9.17, 15) is 35.4 Å². The van der Waals surface area contributed by atoms with Crippen LogP contribution in [0.5, 0.6) is 23.0 Å². The fraction of sp³-hybridized carbons (Fsp3) is 0.381. The van der Waals surface area contributed by atoms with Gasteiger partial charge >= 0.3 is 0 Å². The van der Waals surface area contributed by atoms with E-state index in [-0.39, 0.29) is 40.4 Å². The minimum atomic E-state index is -1.64. The van der Waals surface area contributed by atoms with Crippen molar-refractivity contribution in [1.29, 1.82) is 0 Å². The zero-order valence-electron chi connectivity index (χ0n) is 16.4. The summed E-state index contributed by atoms with van der Waals surface area (Å²) in [5.41, 5.74) is 0.685. The Bertz CT molecular complexity index is 1020. The third-order valence-electron chi connectivity index (χ3n) is 5.57. The van der Waals surface area contributed by atoms with Gasteiger partial charge in [-0.1, -0.05) is 0 Å². The molecule has 1 fully saturated rings. The Morgan fingerprint density at radius 3 is 2.45 bits per heavy atom.